The quantitative estimate of drug-likeness (QED) is 0.377. The smallest absolute Gasteiger partial charge is 0.259 e. The third-order valence-electron chi connectivity index (χ3n) is 6.26. The Labute approximate surface area is 217 Å². The number of amides is 1. The number of rotatable bonds is 6. The van der Waals surface area contributed by atoms with Gasteiger partial charge >= 0.3 is 0 Å². The Hall–Kier alpha value is -3.34. The molecular weight excluding hydrogens is 500 g/mol. The number of hydrogen-bond donors (Lipinski definition) is 2. The fourth-order valence-corrected chi connectivity index (χ4v) is 5.24. The zero-order valence-electron chi connectivity index (χ0n) is 19.9. The summed E-state index contributed by atoms with van der Waals surface area (Å²) < 4.78 is 5.51. The molecule has 1 fully saturated rings. The minimum atomic E-state index is -0.357. The van der Waals surface area contributed by atoms with Crippen LogP contribution in [0, 0.1) is 12.8 Å². The van der Waals surface area contributed by atoms with Crippen molar-refractivity contribution >= 4 is 50.3 Å². The standard InChI is InChI=1S/C25H25ClN6O3S/c1-14-9-17(18-10-16(26)3-4-20(18)35-2)19(11-27-14)23(34)31-25-30-22-24(36-25)29-21(12-28-22)32-7-5-15(13-33)6-8-32/h3-4,9-12,15,33H,5-8,13H2,1-2H3,(H,28,30,31,34). The molecule has 3 aromatic heterocycles. The molecule has 0 radical (unpaired) electrons. The number of benzene rings is 1. The number of carbonyl (C=O) groups excluding carboxylic acids is 1. The van der Waals surface area contributed by atoms with Gasteiger partial charge in [-0.2, -0.15) is 4.98 Å². The number of aliphatic hydroxyl groups excluding tert-OH is 1. The van der Waals surface area contributed by atoms with E-state index in [0.29, 0.717) is 49.0 Å². The SMILES string of the molecule is COc1ccc(Cl)cc1-c1cc(C)ncc1C(=O)Nc1nc2ncc(N3CCC(CO)CC3)nc2s1. The first-order valence-electron chi connectivity index (χ1n) is 11.6. The molecule has 186 valence electrons. The summed E-state index contributed by atoms with van der Waals surface area (Å²) in [5.41, 5.74) is 2.96. The number of piperidine rings is 1. The van der Waals surface area contributed by atoms with Crippen LogP contribution in [0.4, 0.5) is 10.9 Å². The van der Waals surface area contributed by atoms with Crippen LogP contribution in [0.15, 0.2) is 36.7 Å². The number of thiazole rings is 1. The van der Waals surface area contributed by atoms with Crippen LogP contribution in [0.2, 0.25) is 5.02 Å². The summed E-state index contributed by atoms with van der Waals surface area (Å²) in [6.07, 6.45) is 5.09. The molecule has 1 aliphatic rings. The predicted octanol–water partition coefficient (Wildman–Crippen LogP) is 4.58. The van der Waals surface area contributed by atoms with Crippen LogP contribution in [0.3, 0.4) is 0 Å². The first kappa shape index (κ1) is 24.4. The Morgan fingerprint density at radius 2 is 2.00 bits per heavy atom. The van der Waals surface area contributed by atoms with Crippen molar-refractivity contribution in [2.24, 2.45) is 5.92 Å². The van der Waals surface area contributed by atoms with Gasteiger partial charge in [0, 0.05) is 47.7 Å². The van der Waals surface area contributed by atoms with Gasteiger partial charge in [-0.3, -0.25) is 15.1 Å². The van der Waals surface area contributed by atoms with Crippen molar-refractivity contribution in [3.63, 3.8) is 0 Å². The van der Waals surface area contributed by atoms with Crippen molar-refractivity contribution in [3.05, 3.63) is 52.9 Å². The molecule has 2 N–H and O–H groups in total. The van der Waals surface area contributed by atoms with Gasteiger partial charge in [-0.1, -0.05) is 22.9 Å². The summed E-state index contributed by atoms with van der Waals surface area (Å²) in [7, 11) is 1.57. The Kier molecular flexibility index (Phi) is 6.99. The number of methoxy groups -OCH3 is 1. The van der Waals surface area contributed by atoms with E-state index in [1.807, 2.05) is 13.0 Å². The second-order valence-corrected chi connectivity index (χ2v) is 10.1. The lowest BCUT2D eigenvalue weighted by atomic mass is 9.98. The molecule has 1 amide bonds. The number of hydrogen-bond acceptors (Lipinski definition) is 9. The van der Waals surface area contributed by atoms with Crippen LogP contribution in [-0.2, 0) is 0 Å². The number of halogens is 1. The van der Waals surface area contributed by atoms with Gasteiger partial charge < -0.3 is 14.7 Å². The molecule has 5 rings (SSSR count). The highest BCUT2D eigenvalue weighted by molar-refractivity contribution is 7.21. The third kappa shape index (κ3) is 4.97. The summed E-state index contributed by atoms with van der Waals surface area (Å²) in [5, 5.41) is 13.2. The maximum Gasteiger partial charge on any atom is 0.259 e. The first-order valence-corrected chi connectivity index (χ1v) is 12.8. The second kappa shape index (κ2) is 10.3. The molecular formula is C25H25ClN6O3S. The largest absolute Gasteiger partial charge is 0.496 e. The number of pyridine rings is 1. The number of aryl methyl sites for hydroxylation is 1. The van der Waals surface area contributed by atoms with E-state index in [2.05, 4.69) is 25.2 Å². The van der Waals surface area contributed by atoms with Crippen molar-refractivity contribution < 1.29 is 14.6 Å². The molecule has 9 nitrogen and oxygen atoms in total. The summed E-state index contributed by atoms with van der Waals surface area (Å²) in [5.74, 6) is 1.36. The zero-order valence-corrected chi connectivity index (χ0v) is 21.4. The Morgan fingerprint density at radius 3 is 2.75 bits per heavy atom. The highest BCUT2D eigenvalue weighted by atomic mass is 35.5. The molecule has 0 spiro atoms. The van der Waals surface area contributed by atoms with Crippen LogP contribution < -0.4 is 15.0 Å². The summed E-state index contributed by atoms with van der Waals surface area (Å²) >= 11 is 7.51. The van der Waals surface area contributed by atoms with Crippen LogP contribution >= 0.6 is 22.9 Å². The van der Waals surface area contributed by atoms with Crippen molar-refractivity contribution in [1.29, 1.82) is 0 Å². The highest BCUT2D eigenvalue weighted by Gasteiger charge is 2.22. The maximum absolute atomic E-state index is 13.3. The van der Waals surface area contributed by atoms with Crippen molar-refractivity contribution in [2.45, 2.75) is 19.8 Å². The van der Waals surface area contributed by atoms with E-state index < -0.39 is 0 Å². The minimum absolute atomic E-state index is 0.221. The summed E-state index contributed by atoms with van der Waals surface area (Å²) in [6.45, 7) is 3.73. The molecule has 0 atom stereocenters. The van der Waals surface area contributed by atoms with E-state index in [4.69, 9.17) is 21.3 Å². The van der Waals surface area contributed by atoms with Crippen molar-refractivity contribution in [2.75, 3.05) is 37.0 Å². The average molecular weight is 525 g/mol. The maximum atomic E-state index is 13.3. The van der Waals surface area contributed by atoms with E-state index in [9.17, 15) is 9.90 Å². The monoisotopic (exact) mass is 524 g/mol. The number of aliphatic hydroxyl groups is 1. The molecule has 0 saturated carbocycles. The molecule has 0 unspecified atom stereocenters. The zero-order chi connectivity index (χ0) is 25.2. The van der Waals surface area contributed by atoms with Gasteiger partial charge in [-0.05, 0) is 49.9 Å². The topological polar surface area (TPSA) is 113 Å². The fraction of sp³-hybridized carbons (Fsp3) is 0.320. The van der Waals surface area contributed by atoms with Crippen molar-refractivity contribution in [1.82, 2.24) is 19.9 Å². The van der Waals surface area contributed by atoms with Gasteiger partial charge in [0.2, 0.25) is 0 Å². The minimum Gasteiger partial charge on any atom is -0.496 e. The van der Waals surface area contributed by atoms with Gasteiger partial charge in [0.15, 0.2) is 15.6 Å². The number of nitrogens with zero attached hydrogens (tertiary/aromatic N) is 5. The molecule has 4 heterocycles. The van der Waals surface area contributed by atoms with E-state index in [1.165, 1.54) is 17.5 Å². The van der Waals surface area contributed by atoms with Gasteiger partial charge in [-0.15, -0.1) is 0 Å². The average Bonchev–Trinajstić information content (AvgIpc) is 3.30. The lowest BCUT2D eigenvalue weighted by Gasteiger charge is -2.31. The van der Waals surface area contributed by atoms with E-state index >= 15 is 0 Å². The predicted molar refractivity (Wildman–Crippen MR) is 141 cm³/mol. The Balaban J connectivity index is 1.41. The summed E-state index contributed by atoms with van der Waals surface area (Å²) in [6, 6.07) is 7.10. The number of nitrogens with one attached hydrogen (secondary N) is 1. The van der Waals surface area contributed by atoms with Gasteiger partial charge in [0.1, 0.15) is 11.6 Å². The number of fused-ring (bicyclic) bond motifs is 1. The molecule has 36 heavy (non-hydrogen) atoms. The van der Waals surface area contributed by atoms with Crippen LogP contribution in [0.25, 0.3) is 21.6 Å². The fourth-order valence-electron chi connectivity index (χ4n) is 4.28. The number of aromatic nitrogens is 4. The molecule has 1 saturated heterocycles. The molecule has 0 aliphatic carbocycles. The van der Waals surface area contributed by atoms with E-state index in [1.54, 1.807) is 31.5 Å². The number of carbonyl (C=O) groups is 1. The van der Waals surface area contributed by atoms with E-state index in [0.717, 1.165) is 37.4 Å². The van der Waals surface area contributed by atoms with Crippen molar-refractivity contribution in [3.8, 4) is 16.9 Å². The first-order chi connectivity index (χ1) is 17.4. The lowest BCUT2D eigenvalue weighted by Crippen LogP contribution is -2.35. The third-order valence-corrected chi connectivity index (χ3v) is 7.35. The molecule has 0 bridgehead atoms. The lowest BCUT2D eigenvalue weighted by molar-refractivity contribution is 0.102. The normalized spacial score (nSPS) is 14.3. The van der Waals surface area contributed by atoms with Gasteiger partial charge in [0.25, 0.3) is 5.91 Å². The molecule has 1 aromatic carbocycles. The van der Waals surface area contributed by atoms with Gasteiger partial charge in [-0.25, -0.2) is 9.97 Å². The van der Waals surface area contributed by atoms with Crippen LogP contribution in [0.1, 0.15) is 28.9 Å². The molecule has 4 aromatic rings. The summed E-state index contributed by atoms with van der Waals surface area (Å²) in [4.78, 5) is 34.1. The highest BCUT2D eigenvalue weighted by Crippen LogP contribution is 2.35. The van der Waals surface area contributed by atoms with Gasteiger partial charge in [0.05, 0.1) is 18.9 Å². The van der Waals surface area contributed by atoms with Crippen LogP contribution in [-0.4, -0.2) is 57.8 Å². The molecule has 1 aliphatic heterocycles. The van der Waals surface area contributed by atoms with Crippen LogP contribution in [0.5, 0.6) is 5.75 Å². The Bertz CT molecular complexity index is 1420. The Morgan fingerprint density at radius 1 is 1.19 bits per heavy atom. The van der Waals surface area contributed by atoms with E-state index in [-0.39, 0.29) is 12.5 Å². The number of anilines is 2. The molecule has 11 heteroatoms. The number of ether oxygens (including phenoxy) is 1. The second-order valence-electron chi connectivity index (χ2n) is 8.66.